The molecule has 0 radical (unpaired) electrons. The van der Waals surface area contributed by atoms with Gasteiger partial charge < -0.3 is 26.0 Å². The van der Waals surface area contributed by atoms with Gasteiger partial charge in [-0.1, -0.05) is 6.92 Å². The number of aliphatic hydroxyl groups excluding tert-OH is 1. The van der Waals surface area contributed by atoms with Crippen LogP contribution in [0.5, 0.6) is 0 Å². The molecular weight excluding hydrogens is 262 g/mol. The predicted octanol–water partition coefficient (Wildman–Crippen LogP) is -0.0580. The van der Waals surface area contributed by atoms with Gasteiger partial charge in [-0.05, 0) is 13.8 Å². The summed E-state index contributed by atoms with van der Waals surface area (Å²) in [6, 6.07) is 0. The monoisotopic (exact) mass is 285 g/mol. The van der Waals surface area contributed by atoms with Crippen molar-refractivity contribution in [3.8, 4) is 0 Å². The lowest BCUT2D eigenvalue weighted by atomic mass is 10.2. The van der Waals surface area contributed by atoms with E-state index >= 15 is 0 Å². The Bertz CT molecular complexity index is 398. The predicted molar refractivity (Wildman–Crippen MR) is 75.0 cm³/mol. The third-order valence-corrected chi connectivity index (χ3v) is 2.63. The molecule has 0 saturated carbocycles. The number of nitrogens with two attached hydrogens (primary N) is 2. The number of hydrogen-bond acceptors (Lipinski definition) is 8. The van der Waals surface area contributed by atoms with Gasteiger partial charge in [0, 0.05) is 5.92 Å². The van der Waals surface area contributed by atoms with Crippen molar-refractivity contribution >= 4 is 11.9 Å². The van der Waals surface area contributed by atoms with Crippen LogP contribution in [0.2, 0.25) is 0 Å². The number of ether oxygens (including phenoxy) is 2. The van der Waals surface area contributed by atoms with Crippen molar-refractivity contribution < 1.29 is 14.6 Å². The topological polar surface area (TPSA) is 129 Å². The van der Waals surface area contributed by atoms with E-state index in [2.05, 4.69) is 15.0 Å². The quantitative estimate of drug-likeness (QED) is 0.605. The number of aromatic nitrogens is 3. The SMILES string of the molecule is CC(CO)OCC(C)OCC(C)c1nc(N)nc(N)n1. The minimum atomic E-state index is -0.193. The molecule has 1 rings (SSSR count). The van der Waals surface area contributed by atoms with E-state index in [1.165, 1.54) is 0 Å². The number of hydrogen-bond donors (Lipinski definition) is 3. The van der Waals surface area contributed by atoms with E-state index in [9.17, 15) is 0 Å². The van der Waals surface area contributed by atoms with Crippen LogP contribution >= 0.6 is 0 Å². The van der Waals surface area contributed by atoms with Gasteiger partial charge in [-0.25, -0.2) is 0 Å². The Morgan fingerprint density at radius 2 is 1.50 bits per heavy atom. The van der Waals surface area contributed by atoms with E-state index in [0.29, 0.717) is 19.0 Å². The number of rotatable bonds is 8. The number of aliphatic hydroxyl groups is 1. The Labute approximate surface area is 118 Å². The number of nitrogens with zero attached hydrogens (tertiary/aromatic N) is 3. The first-order valence-corrected chi connectivity index (χ1v) is 6.53. The van der Waals surface area contributed by atoms with E-state index in [1.54, 1.807) is 6.92 Å². The molecule has 1 aromatic heterocycles. The summed E-state index contributed by atoms with van der Waals surface area (Å²) in [5.41, 5.74) is 11.0. The minimum Gasteiger partial charge on any atom is -0.394 e. The van der Waals surface area contributed by atoms with Gasteiger partial charge in [-0.3, -0.25) is 0 Å². The van der Waals surface area contributed by atoms with Gasteiger partial charge in [0.15, 0.2) is 0 Å². The van der Waals surface area contributed by atoms with Crippen molar-refractivity contribution in [2.24, 2.45) is 0 Å². The first kappa shape index (κ1) is 16.5. The third-order valence-electron chi connectivity index (χ3n) is 2.63. The molecule has 0 aliphatic heterocycles. The molecule has 0 spiro atoms. The number of nitrogen functional groups attached to an aromatic ring is 2. The highest BCUT2D eigenvalue weighted by molar-refractivity contribution is 5.26. The summed E-state index contributed by atoms with van der Waals surface area (Å²) in [5, 5.41) is 8.85. The van der Waals surface area contributed by atoms with E-state index in [0.717, 1.165) is 0 Å². The molecule has 0 bridgehead atoms. The van der Waals surface area contributed by atoms with Gasteiger partial charge in [0.05, 0.1) is 32.0 Å². The second-order valence-electron chi connectivity index (χ2n) is 4.78. The Kier molecular flexibility index (Phi) is 6.56. The van der Waals surface area contributed by atoms with E-state index < -0.39 is 0 Å². The summed E-state index contributed by atoms with van der Waals surface area (Å²) < 4.78 is 11.0. The van der Waals surface area contributed by atoms with Gasteiger partial charge in [0.25, 0.3) is 0 Å². The van der Waals surface area contributed by atoms with Crippen LogP contribution in [-0.2, 0) is 9.47 Å². The van der Waals surface area contributed by atoms with Gasteiger partial charge in [0.2, 0.25) is 11.9 Å². The standard InChI is InChI=1S/C12H23N5O3/c1-7(10-15-11(13)17-12(14)16-10)5-19-9(3)6-20-8(2)4-18/h7-9,18H,4-6H2,1-3H3,(H4,13,14,15,16,17). The fraction of sp³-hybridized carbons (Fsp3) is 0.750. The normalized spacial score (nSPS) is 15.8. The molecule has 0 fully saturated rings. The second kappa shape index (κ2) is 7.93. The highest BCUT2D eigenvalue weighted by atomic mass is 16.5. The molecule has 5 N–H and O–H groups in total. The van der Waals surface area contributed by atoms with Crippen LogP contribution in [0.15, 0.2) is 0 Å². The maximum absolute atomic E-state index is 8.85. The minimum absolute atomic E-state index is 0.00741. The Morgan fingerprint density at radius 1 is 0.950 bits per heavy atom. The molecule has 0 aromatic carbocycles. The van der Waals surface area contributed by atoms with E-state index in [-0.39, 0.29) is 36.6 Å². The molecule has 1 aromatic rings. The Morgan fingerprint density at radius 3 is 2.05 bits per heavy atom. The largest absolute Gasteiger partial charge is 0.394 e. The zero-order chi connectivity index (χ0) is 15.1. The lowest BCUT2D eigenvalue weighted by Crippen LogP contribution is -2.24. The zero-order valence-electron chi connectivity index (χ0n) is 12.1. The van der Waals surface area contributed by atoms with Crippen molar-refractivity contribution in [2.45, 2.75) is 38.9 Å². The summed E-state index contributed by atoms with van der Waals surface area (Å²) in [4.78, 5) is 11.8. The van der Waals surface area contributed by atoms with Crippen molar-refractivity contribution in [1.82, 2.24) is 15.0 Å². The molecule has 1 heterocycles. The smallest absolute Gasteiger partial charge is 0.225 e. The van der Waals surface area contributed by atoms with Crippen molar-refractivity contribution in [3.63, 3.8) is 0 Å². The van der Waals surface area contributed by atoms with E-state index in [4.69, 9.17) is 26.0 Å². The fourth-order valence-electron chi connectivity index (χ4n) is 1.43. The van der Waals surface area contributed by atoms with Crippen LogP contribution in [0.4, 0.5) is 11.9 Å². The lowest BCUT2D eigenvalue weighted by Gasteiger charge is -2.18. The average Bonchev–Trinajstić information content (AvgIpc) is 2.40. The maximum Gasteiger partial charge on any atom is 0.225 e. The van der Waals surface area contributed by atoms with Crippen molar-refractivity contribution in [2.75, 3.05) is 31.3 Å². The second-order valence-corrected chi connectivity index (χ2v) is 4.78. The zero-order valence-corrected chi connectivity index (χ0v) is 12.1. The molecule has 8 nitrogen and oxygen atoms in total. The van der Waals surface area contributed by atoms with Crippen LogP contribution in [0.25, 0.3) is 0 Å². The molecule has 0 amide bonds. The molecule has 0 saturated heterocycles. The highest BCUT2D eigenvalue weighted by Gasteiger charge is 2.14. The first-order chi connectivity index (χ1) is 9.42. The average molecular weight is 285 g/mol. The fourth-order valence-corrected chi connectivity index (χ4v) is 1.43. The molecule has 8 heteroatoms. The summed E-state index contributed by atoms with van der Waals surface area (Å²) >= 11 is 0. The summed E-state index contributed by atoms with van der Waals surface area (Å²) in [5.74, 6) is 0.659. The van der Waals surface area contributed by atoms with Crippen LogP contribution in [0, 0.1) is 0 Å². The van der Waals surface area contributed by atoms with E-state index in [1.807, 2.05) is 13.8 Å². The summed E-state index contributed by atoms with van der Waals surface area (Å²) in [7, 11) is 0. The molecule has 0 aliphatic rings. The molecule has 3 atom stereocenters. The van der Waals surface area contributed by atoms with Gasteiger partial charge in [-0.2, -0.15) is 15.0 Å². The Hall–Kier alpha value is -1.51. The number of anilines is 2. The van der Waals surface area contributed by atoms with Crippen LogP contribution in [-0.4, -0.2) is 52.1 Å². The maximum atomic E-state index is 8.85. The van der Waals surface area contributed by atoms with Crippen molar-refractivity contribution in [3.05, 3.63) is 5.82 Å². The van der Waals surface area contributed by atoms with Gasteiger partial charge >= 0.3 is 0 Å². The lowest BCUT2D eigenvalue weighted by molar-refractivity contribution is -0.0478. The molecule has 0 aliphatic carbocycles. The van der Waals surface area contributed by atoms with Gasteiger partial charge in [-0.15, -0.1) is 0 Å². The highest BCUT2D eigenvalue weighted by Crippen LogP contribution is 2.13. The molecule has 3 unspecified atom stereocenters. The molecule has 114 valence electrons. The first-order valence-electron chi connectivity index (χ1n) is 6.53. The van der Waals surface area contributed by atoms with Gasteiger partial charge in [0.1, 0.15) is 5.82 Å². The third kappa shape index (κ3) is 5.64. The Balaban J connectivity index is 2.40. The molecular formula is C12H23N5O3. The molecule has 20 heavy (non-hydrogen) atoms. The summed E-state index contributed by atoms with van der Waals surface area (Å²) in [6.45, 7) is 6.43. The van der Waals surface area contributed by atoms with Crippen LogP contribution in [0.1, 0.15) is 32.5 Å². The van der Waals surface area contributed by atoms with Crippen molar-refractivity contribution in [1.29, 1.82) is 0 Å². The summed E-state index contributed by atoms with van der Waals surface area (Å²) in [6.07, 6.45) is -0.287. The van der Waals surface area contributed by atoms with Crippen LogP contribution < -0.4 is 11.5 Å². The van der Waals surface area contributed by atoms with Crippen LogP contribution in [0.3, 0.4) is 0 Å².